The number of benzene rings is 2. The van der Waals surface area contributed by atoms with Gasteiger partial charge in [0.15, 0.2) is 0 Å². The molecule has 18 heavy (non-hydrogen) atoms. The summed E-state index contributed by atoms with van der Waals surface area (Å²) in [5.74, 6) is -0.182. The van der Waals surface area contributed by atoms with Crippen molar-refractivity contribution < 1.29 is 4.39 Å². The van der Waals surface area contributed by atoms with Crippen LogP contribution in [-0.2, 0) is 6.42 Å². The van der Waals surface area contributed by atoms with E-state index < -0.39 is 0 Å². The zero-order chi connectivity index (χ0) is 13.1. The molecular weight excluding hydrogens is 406 g/mol. The van der Waals surface area contributed by atoms with E-state index in [0.717, 1.165) is 15.6 Å². The second-order valence-corrected chi connectivity index (χ2v) is 6.59. The maximum absolute atomic E-state index is 13.1. The highest BCUT2D eigenvalue weighted by Crippen LogP contribution is 2.31. The van der Waals surface area contributed by atoms with Crippen LogP contribution in [0.1, 0.15) is 21.5 Å². The van der Waals surface area contributed by atoms with E-state index in [4.69, 9.17) is 0 Å². The second-order valence-electron chi connectivity index (χ2n) is 4.33. The monoisotopic (exact) mass is 418 g/mol. The van der Waals surface area contributed by atoms with Gasteiger partial charge in [-0.05, 0) is 59.2 Å². The van der Waals surface area contributed by atoms with Gasteiger partial charge in [-0.25, -0.2) is 4.39 Å². The van der Waals surface area contributed by atoms with Gasteiger partial charge in [0.05, 0.1) is 0 Å². The summed E-state index contributed by atoms with van der Waals surface area (Å²) in [4.78, 5) is 0.215. The van der Waals surface area contributed by atoms with Crippen molar-refractivity contribution >= 4 is 38.5 Å². The van der Waals surface area contributed by atoms with E-state index in [9.17, 15) is 4.39 Å². The number of hydrogen-bond acceptors (Lipinski definition) is 0. The first kappa shape index (κ1) is 14.0. The molecule has 94 valence electrons. The van der Waals surface area contributed by atoms with Crippen LogP contribution in [0.4, 0.5) is 4.39 Å². The van der Waals surface area contributed by atoms with E-state index in [1.54, 1.807) is 6.07 Å². The van der Waals surface area contributed by atoms with Gasteiger partial charge in [-0.1, -0.05) is 51.8 Å². The Balaban J connectivity index is 2.19. The molecule has 0 aromatic heterocycles. The Kier molecular flexibility index (Phi) is 4.78. The molecule has 1 unspecified atom stereocenters. The van der Waals surface area contributed by atoms with Crippen LogP contribution in [0.15, 0.2) is 42.5 Å². The van der Waals surface area contributed by atoms with Crippen LogP contribution in [0, 0.1) is 16.3 Å². The third-order valence-corrected chi connectivity index (χ3v) is 4.55. The first-order valence-electron chi connectivity index (χ1n) is 5.71. The Bertz CT molecular complexity index is 554. The molecule has 0 N–H and O–H groups in total. The smallest absolute Gasteiger partial charge is 0.124 e. The standard InChI is InChI=1S/C15H13BrFI/c1-10-3-2-4-11(7-10)8-14(16)13-6-5-12(17)9-15(13)18/h2-7,9,14H,8H2,1H3. The van der Waals surface area contributed by atoms with Gasteiger partial charge in [-0.2, -0.15) is 0 Å². The van der Waals surface area contributed by atoms with Crippen LogP contribution in [0.25, 0.3) is 0 Å². The SMILES string of the molecule is Cc1cccc(CC(Br)c2ccc(F)cc2I)c1. The lowest BCUT2D eigenvalue weighted by molar-refractivity contribution is 0.625. The maximum atomic E-state index is 13.1. The number of rotatable bonds is 3. The number of alkyl halides is 1. The fourth-order valence-corrected chi connectivity index (χ4v) is 3.97. The third kappa shape index (κ3) is 3.54. The molecule has 2 aromatic carbocycles. The van der Waals surface area contributed by atoms with Crippen molar-refractivity contribution in [3.63, 3.8) is 0 Å². The normalized spacial score (nSPS) is 12.4. The van der Waals surface area contributed by atoms with E-state index in [2.05, 4.69) is 69.7 Å². The highest BCUT2D eigenvalue weighted by molar-refractivity contribution is 14.1. The van der Waals surface area contributed by atoms with Crippen molar-refractivity contribution in [1.82, 2.24) is 0 Å². The minimum Gasteiger partial charge on any atom is -0.207 e. The molecule has 0 saturated heterocycles. The Hall–Kier alpha value is -0.420. The van der Waals surface area contributed by atoms with E-state index >= 15 is 0 Å². The molecule has 0 radical (unpaired) electrons. The summed E-state index contributed by atoms with van der Waals surface area (Å²) in [6.45, 7) is 2.09. The summed E-state index contributed by atoms with van der Waals surface area (Å²) in [7, 11) is 0. The van der Waals surface area contributed by atoms with Crippen molar-refractivity contribution in [3.8, 4) is 0 Å². The molecule has 0 bridgehead atoms. The van der Waals surface area contributed by atoms with Crippen LogP contribution in [0.2, 0.25) is 0 Å². The molecule has 0 aliphatic rings. The molecule has 3 heteroatoms. The van der Waals surface area contributed by atoms with Crippen LogP contribution in [-0.4, -0.2) is 0 Å². The predicted molar refractivity (Wildman–Crippen MR) is 85.7 cm³/mol. The topological polar surface area (TPSA) is 0 Å². The molecule has 1 atom stereocenters. The first-order chi connectivity index (χ1) is 8.56. The van der Waals surface area contributed by atoms with Crippen LogP contribution in [0.3, 0.4) is 0 Å². The molecule has 0 saturated carbocycles. The molecule has 0 aliphatic heterocycles. The Labute approximate surface area is 129 Å². The van der Waals surface area contributed by atoms with Crippen molar-refractivity contribution in [2.75, 3.05) is 0 Å². The van der Waals surface area contributed by atoms with Crippen molar-refractivity contribution in [2.24, 2.45) is 0 Å². The summed E-state index contributed by atoms with van der Waals surface area (Å²) in [5.41, 5.74) is 3.69. The Morgan fingerprint density at radius 3 is 2.67 bits per heavy atom. The number of halogens is 3. The van der Waals surface area contributed by atoms with Gasteiger partial charge >= 0.3 is 0 Å². The van der Waals surface area contributed by atoms with Crippen LogP contribution >= 0.6 is 38.5 Å². The highest BCUT2D eigenvalue weighted by atomic mass is 127. The van der Waals surface area contributed by atoms with Crippen LogP contribution < -0.4 is 0 Å². The largest absolute Gasteiger partial charge is 0.207 e. The van der Waals surface area contributed by atoms with Gasteiger partial charge in [0.25, 0.3) is 0 Å². The molecular formula is C15H13BrFI. The summed E-state index contributed by atoms with van der Waals surface area (Å²) in [5, 5.41) is 0. The van der Waals surface area contributed by atoms with Crippen molar-refractivity contribution in [3.05, 3.63) is 68.5 Å². The lowest BCUT2D eigenvalue weighted by atomic mass is 10.0. The quantitative estimate of drug-likeness (QED) is 0.461. The van der Waals surface area contributed by atoms with E-state index in [1.165, 1.54) is 17.2 Å². The van der Waals surface area contributed by atoms with Gasteiger partial charge in [0.2, 0.25) is 0 Å². The zero-order valence-corrected chi connectivity index (χ0v) is 13.7. The van der Waals surface area contributed by atoms with E-state index in [1.807, 2.05) is 6.07 Å². The molecule has 2 rings (SSSR count). The van der Waals surface area contributed by atoms with Crippen molar-refractivity contribution in [1.29, 1.82) is 0 Å². The molecule has 0 amide bonds. The second kappa shape index (κ2) is 6.15. The maximum Gasteiger partial charge on any atom is 0.124 e. The summed E-state index contributed by atoms with van der Waals surface area (Å²) in [6, 6.07) is 13.4. The minimum absolute atomic E-state index is 0.182. The first-order valence-corrected chi connectivity index (χ1v) is 7.70. The average molecular weight is 419 g/mol. The van der Waals surface area contributed by atoms with Gasteiger partial charge in [-0.15, -0.1) is 0 Å². The third-order valence-electron chi connectivity index (χ3n) is 2.80. The summed E-state index contributed by atoms with van der Waals surface area (Å²) >= 11 is 5.88. The molecule has 2 aromatic rings. The Morgan fingerprint density at radius 2 is 2.00 bits per heavy atom. The minimum atomic E-state index is -0.182. The molecule has 0 aliphatic carbocycles. The summed E-state index contributed by atoms with van der Waals surface area (Å²) in [6.07, 6.45) is 0.906. The van der Waals surface area contributed by atoms with Crippen molar-refractivity contribution in [2.45, 2.75) is 18.2 Å². The van der Waals surface area contributed by atoms with Crippen LogP contribution in [0.5, 0.6) is 0 Å². The molecule has 0 spiro atoms. The lowest BCUT2D eigenvalue weighted by Crippen LogP contribution is -1.98. The lowest BCUT2D eigenvalue weighted by Gasteiger charge is -2.13. The van der Waals surface area contributed by atoms with Gasteiger partial charge < -0.3 is 0 Å². The molecule has 0 heterocycles. The Morgan fingerprint density at radius 1 is 1.22 bits per heavy atom. The summed E-state index contributed by atoms with van der Waals surface area (Å²) < 4.78 is 14.0. The fourth-order valence-electron chi connectivity index (χ4n) is 1.91. The van der Waals surface area contributed by atoms with E-state index in [0.29, 0.717) is 0 Å². The zero-order valence-electron chi connectivity index (χ0n) is 9.96. The highest BCUT2D eigenvalue weighted by Gasteiger charge is 2.12. The number of aryl methyl sites for hydroxylation is 1. The van der Waals surface area contributed by atoms with Gasteiger partial charge in [0.1, 0.15) is 5.82 Å². The fraction of sp³-hybridized carbons (Fsp3) is 0.200. The predicted octanol–water partition coefficient (Wildman–Crippen LogP) is 5.42. The average Bonchev–Trinajstić information content (AvgIpc) is 2.28. The molecule has 0 fully saturated rings. The van der Waals surface area contributed by atoms with E-state index in [-0.39, 0.29) is 10.6 Å². The van der Waals surface area contributed by atoms with Gasteiger partial charge in [-0.3, -0.25) is 0 Å². The molecule has 0 nitrogen and oxygen atoms in total. The van der Waals surface area contributed by atoms with Gasteiger partial charge in [0, 0.05) is 8.40 Å². The number of hydrogen-bond donors (Lipinski definition) is 0.